The molecule has 3 fully saturated rings. The first-order valence-corrected chi connectivity index (χ1v) is 11.7. The monoisotopic (exact) mass is 432 g/mol. The highest BCUT2D eigenvalue weighted by Crippen LogP contribution is 2.41. The van der Waals surface area contributed by atoms with Crippen LogP contribution in [0.25, 0.3) is 11.0 Å². The third-order valence-electron chi connectivity index (χ3n) is 7.80. The molecule has 2 aliphatic heterocycles. The number of piperidine rings is 1. The van der Waals surface area contributed by atoms with Gasteiger partial charge in [-0.05, 0) is 49.7 Å². The minimum absolute atomic E-state index is 0.00733. The first-order valence-electron chi connectivity index (χ1n) is 11.7. The van der Waals surface area contributed by atoms with Crippen LogP contribution in [0, 0.1) is 11.8 Å². The summed E-state index contributed by atoms with van der Waals surface area (Å²) in [5.41, 5.74) is 2.38. The average molecular weight is 433 g/mol. The lowest BCUT2D eigenvalue weighted by molar-refractivity contribution is 0.0759. The van der Waals surface area contributed by atoms with Gasteiger partial charge in [-0.1, -0.05) is 12.1 Å². The molecule has 0 spiro atoms. The van der Waals surface area contributed by atoms with Crippen molar-refractivity contribution in [1.82, 2.24) is 29.3 Å². The number of hydrogen-bond acceptors (Lipinski definition) is 5. The standard InChI is InChI=1S/C24H28N6O2/c31-23(21-13-25-7-8-26-21)29-14-16-11-19(12-17(16)15-29)28-9-5-18(6-10-28)30-22-4-2-1-3-20(22)27-24(30)32/h1-4,7-8,13,16-19H,5-6,9-12,14-15H2,(H,27,32)/t16-,17+,19?. The maximum absolute atomic E-state index is 12.7. The van der Waals surface area contributed by atoms with Crippen molar-refractivity contribution in [3.8, 4) is 0 Å². The Morgan fingerprint density at radius 1 is 1.00 bits per heavy atom. The Morgan fingerprint density at radius 2 is 1.75 bits per heavy atom. The van der Waals surface area contributed by atoms with Crippen LogP contribution in [0.2, 0.25) is 0 Å². The largest absolute Gasteiger partial charge is 0.337 e. The normalized spacial score (nSPS) is 26.6. The van der Waals surface area contributed by atoms with Crippen molar-refractivity contribution in [2.75, 3.05) is 26.2 Å². The predicted molar refractivity (Wildman–Crippen MR) is 120 cm³/mol. The minimum Gasteiger partial charge on any atom is -0.337 e. The van der Waals surface area contributed by atoms with Crippen LogP contribution in [0.4, 0.5) is 0 Å². The molecule has 0 radical (unpaired) electrons. The molecule has 3 aliphatic rings. The van der Waals surface area contributed by atoms with E-state index >= 15 is 0 Å². The van der Waals surface area contributed by atoms with Crippen LogP contribution in [0.15, 0.2) is 47.7 Å². The summed E-state index contributed by atoms with van der Waals surface area (Å²) in [6.45, 7) is 3.72. The van der Waals surface area contributed by atoms with Gasteiger partial charge in [-0.2, -0.15) is 0 Å². The number of amides is 1. The molecule has 166 valence electrons. The molecule has 1 aromatic carbocycles. The number of carbonyl (C=O) groups is 1. The molecule has 32 heavy (non-hydrogen) atoms. The lowest BCUT2D eigenvalue weighted by Crippen LogP contribution is -2.42. The van der Waals surface area contributed by atoms with Crippen molar-refractivity contribution in [2.45, 2.75) is 37.8 Å². The molecule has 6 rings (SSSR count). The number of rotatable bonds is 3. The van der Waals surface area contributed by atoms with E-state index in [-0.39, 0.29) is 17.6 Å². The number of aromatic amines is 1. The van der Waals surface area contributed by atoms with Crippen LogP contribution < -0.4 is 5.69 Å². The quantitative estimate of drug-likeness (QED) is 0.686. The van der Waals surface area contributed by atoms with E-state index in [2.05, 4.69) is 19.9 Å². The van der Waals surface area contributed by atoms with Crippen molar-refractivity contribution >= 4 is 16.9 Å². The summed E-state index contributed by atoms with van der Waals surface area (Å²) in [6.07, 6.45) is 9.06. The molecule has 3 aromatic rings. The Bertz CT molecular complexity index is 1170. The smallest absolute Gasteiger partial charge is 0.326 e. The second-order valence-corrected chi connectivity index (χ2v) is 9.53. The Morgan fingerprint density at radius 3 is 2.47 bits per heavy atom. The first kappa shape index (κ1) is 19.7. The molecular weight excluding hydrogens is 404 g/mol. The third kappa shape index (κ3) is 3.33. The highest BCUT2D eigenvalue weighted by molar-refractivity contribution is 5.92. The van der Waals surface area contributed by atoms with Gasteiger partial charge in [0.1, 0.15) is 5.69 Å². The number of aromatic nitrogens is 4. The highest BCUT2D eigenvalue weighted by atomic mass is 16.2. The molecule has 1 amide bonds. The van der Waals surface area contributed by atoms with Gasteiger partial charge < -0.3 is 14.8 Å². The number of imidazole rings is 1. The summed E-state index contributed by atoms with van der Waals surface area (Å²) in [5.74, 6) is 1.16. The predicted octanol–water partition coefficient (Wildman–Crippen LogP) is 2.31. The zero-order valence-corrected chi connectivity index (χ0v) is 18.1. The van der Waals surface area contributed by atoms with E-state index in [1.165, 1.54) is 0 Å². The molecule has 1 N–H and O–H groups in total. The lowest BCUT2D eigenvalue weighted by atomic mass is 10.0. The number of para-hydroxylation sites is 2. The van der Waals surface area contributed by atoms with Crippen LogP contribution in [0.3, 0.4) is 0 Å². The van der Waals surface area contributed by atoms with E-state index in [1.807, 2.05) is 33.7 Å². The summed E-state index contributed by atoms with van der Waals surface area (Å²) < 4.78 is 1.96. The fourth-order valence-electron chi connectivity index (χ4n) is 6.25. The van der Waals surface area contributed by atoms with E-state index in [1.54, 1.807) is 18.6 Å². The average Bonchev–Trinajstić information content (AvgIpc) is 3.50. The number of carbonyl (C=O) groups excluding carboxylic acids is 1. The Labute approximate surface area is 186 Å². The SMILES string of the molecule is O=C(c1cnccn1)N1C[C@H]2CC(N3CCC(n4c(=O)[nH]c5ccccc54)CC3)C[C@H]2C1. The molecule has 8 nitrogen and oxygen atoms in total. The van der Waals surface area contributed by atoms with E-state index in [0.29, 0.717) is 23.6 Å². The van der Waals surface area contributed by atoms with Crippen molar-refractivity contribution in [1.29, 1.82) is 0 Å². The number of hydrogen-bond donors (Lipinski definition) is 1. The van der Waals surface area contributed by atoms with Gasteiger partial charge in [0, 0.05) is 50.7 Å². The Balaban J connectivity index is 1.07. The molecular formula is C24H28N6O2. The molecule has 1 unspecified atom stereocenters. The summed E-state index contributed by atoms with van der Waals surface area (Å²) in [7, 11) is 0. The number of fused-ring (bicyclic) bond motifs is 2. The van der Waals surface area contributed by atoms with Gasteiger partial charge in [0.05, 0.1) is 17.2 Å². The first-order chi connectivity index (χ1) is 15.7. The van der Waals surface area contributed by atoms with Gasteiger partial charge in [0.2, 0.25) is 0 Å². The fraction of sp³-hybridized carbons (Fsp3) is 0.500. The molecule has 2 aromatic heterocycles. The van der Waals surface area contributed by atoms with Crippen molar-refractivity contribution in [2.24, 2.45) is 11.8 Å². The van der Waals surface area contributed by atoms with Crippen LogP contribution >= 0.6 is 0 Å². The lowest BCUT2D eigenvalue weighted by Gasteiger charge is -2.37. The minimum atomic E-state index is 0.00733. The van der Waals surface area contributed by atoms with Gasteiger partial charge in [0.15, 0.2) is 0 Å². The summed E-state index contributed by atoms with van der Waals surface area (Å²) in [6, 6.07) is 8.82. The third-order valence-corrected chi connectivity index (χ3v) is 7.80. The molecule has 2 saturated heterocycles. The van der Waals surface area contributed by atoms with Crippen LogP contribution in [0.1, 0.15) is 42.2 Å². The summed E-state index contributed by atoms with van der Waals surface area (Å²) in [5, 5.41) is 0. The van der Waals surface area contributed by atoms with Crippen LogP contribution in [-0.4, -0.2) is 67.4 Å². The molecule has 4 heterocycles. The molecule has 3 atom stereocenters. The van der Waals surface area contributed by atoms with Crippen LogP contribution in [-0.2, 0) is 0 Å². The summed E-state index contributed by atoms with van der Waals surface area (Å²) in [4.78, 5) is 41.1. The molecule has 1 aliphatic carbocycles. The van der Waals surface area contributed by atoms with E-state index in [4.69, 9.17) is 0 Å². The van der Waals surface area contributed by atoms with Crippen LogP contribution in [0.5, 0.6) is 0 Å². The number of nitrogens with zero attached hydrogens (tertiary/aromatic N) is 5. The Kier molecular flexibility index (Phi) is 4.82. The van der Waals surface area contributed by atoms with Crippen molar-refractivity contribution < 1.29 is 4.79 Å². The summed E-state index contributed by atoms with van der Waals surface area (Å²) >= 11 is 0. The second kappa shape index (κ2) is 7.85. The zero-order chi connectivity index (χ0) is 21.7. The molecule has 8 heteroatoms. The maximum atomic E-state index is 12.7. The second-order valence-electron chi connectivity index (χ2n) is 9.53. The molecule has 1 saturated carbocycles. The highest BCUT2D eigenvalue weighted by Gasteiger charge is 2.44. The fourth-order valence-corrected chi connectivity index (χ4v) is 6.25. The van der Waals surface area contributed by atoms with Gasteiger partial charge >= 0.3 is 5.69 Å². The Hall–Kier alpha value is -3.00. The van der Waals surface area contributed by atoms with Crippen molar-refractivity contribution in [3.05, 3.63) is 59.0 Å². The zero-order valence-electron chi connectivity index (χ0n) is 18.1. The van der Waals surface area contributed by atoms with Crippen molar-refractivity contribution in [3.63, 3.8) is 0 Å². The number of likely N-dealkylation sites (tertiary alicyclic amines) is 2. The van der Waals surface area contributed by atoms with E-state index < -0.39 is 0 Å². The molecule has 0 bridgehead atoms. The number of benzene rings is 1. The van der Waals surface area contributed by atoms with Gasteiger partial charge in [-0.3, -0.25) is 14.3 Å². The van der Waals surface area contributed by atoms with Gasteiger partial charge in [-0.25, -0.2) is 9.78 Å². The maximum Gasteiger partial charge on any atom is 0.326 e. The van der Waals surface area contributed by atoms with Gasteiger partial charge in [-0.15, -0.1) is 0 Å². The van der Waals surface area contributed by atoms with E-state index in [9.17, 15) is 9.59 Å². The number of nitrogens with one attached hydrogen (secondary N) is 1. The van der Waals surface area contributed by atoms with E-state index in [0.717, 1.165) is 62.9 Å². The topological polar surface area (TPSA) is 87.1 Å². The van der Waals surface area contributed by atoms with Gasteiger partial charge in [0.25, 0.3) is 5.91 Å². The number of H-pyrrole nitrogens is 1.